The van der Waals surface area contributed by atoms with Gasteiger partial charge in [-0.1, -0.05) is 13.8 Å². The smallest absolute Gasteiger partial charge is 0.0678 e. The largest absolute Gasteiger partial charge is 0.373 e. The molecular weight excluding hydrogens is 188 g/mol. The molecule has 1 rings (SSSR count). The van der Waals surface area contributed by atoms with E-state index in [4.69, 9.17) is 4.74 Å². The van der Waals surface area contributed by atoms with Gasteiger partial charge in [-0.05, 0) is 26.8 Å². The summed E-state index contributed by atoms with van der Waals surface area (Å²) in [5.74, 6) is 0. The van der Waals surface area contributed by atoms with E-state index in [1.165, 1.54) is 6.42 Å². The van der Waals surface area contributed by atoms with Crippen molar-refractivity contribution in [3.8, 4) is 0 Å². The molecule has 0 aromatic heterocycles. The Morgan fingerprint density at radius 1 is 1.27 bits per heavy atom. The van der Waals surface area contributed by atoms with Crippen LogP contribution in [0, 0.1) is 0 Å². The number of likely N-dealkylation sites (N-methyl/N-ethyl adjacent to an activating group) is 1. The summed E-state index contributed by atoms with van der Waals surface area (Å²) in [5.41, 5.74) is 0. The van der Waals surface area contributed by atoms with Gasteiger partial charge in [-0.15, -0.1) is 0 Å². The predicted octanol–water partition coefficient (Wildman–Crippen LogP) is 1.48. The van der Waals surface area contributed by atoms with E-state index in [9.17, 15) is 0 Å². The standard InChI is InChI=1S/C12H26N2O/c1-5-12(7-13-6-2)14-8-10(3)15-11(4)9-14/h10-13H,5-9H2,1-4H3/t10-,11+,12?. The van der Waals surface area contributed by atoms with Gasteiger partial charge in [0, 0.05) is 25.7 Å². The van der Waals surface area contributed by atoms with Crippen LogP contribution in [0.4, 0.5) is 0 Å². The summed E-state index contributed by atoms with van der Waals surface area (Å²) in [6.45, 7) is 13.1. The Kier molecular flexibility index (Phi) is 5.58. The first-order valence-electron chi connectivity index (χ1n) is 6.27. The van der Waals surface area contributed by atoms with Gasteiger partial charge in [0.2, 0.25) is 0 Å². The van der Waals surface area contributed by atoms with E-state index in [1.54, 1.807) is 0 Å². The zero-order chi connectivity index (χ0) is 11.3. The maximum Gasteiger partial charge on any atom is 0.0678 e. The van der Waals surface area contributed by atoms with Crippen molar-refractivity contribution in [1.29, 1.82) is 0 Å². The van der Waals surface area contributed by atoms with E-state index < -0.39 is 0 Å². The molecule has 0 aromatic rings. The normalized spacial score (nSPS) is 30.4. The molecule has 3 heteroatoms. The Bertz CT molecular complexity index is 165. The van der Waals surface area contributed by atoms with Gasteiger partial charge in [0.05, 0.1) is 12.2 Å². The van der Waals surface area contributed by atoms with E-state index in [0.717, 1.165) is 26.2 Å². The molecular formula is C12H26N2O. The zero-order valence-corrected chi connectivity index (χ0v) is 10.6. The maximum absolute atomic E-state index is 5.75. The van der Waals surface area contributed by atoms with Crippen molar-refractivity contribution in [1.82, 2.24) is 10.2 Å². The number of nitrogens with zero attached hydrogens (tertiary/aromatic N) is 1. The van der Waals surface area contributed by atoms with Crippen LogP contribution >= 0.6 is 0 Å². The fourth-order valence-corrected chi connectivity index (χ4v) is 2.36. The van der Waals surface area contributed by atoms with Gasteiger partial charge in [-0.25, -0.2) is 0 Å². The van der Waals surface area contributed by atoms with Gasteiger partial charge in [0.15, 0.2) is 0 Å². The highest BCUT2D eigenvalue weighted by Gasteiger charge is 2.26. The first-order chi connectivity index (χ1) is 7.17. The van der Waals surface area contributed by atoms with Gasteiger partial charge < -0.3 is 10.1 Å². The number of rotatable bonds is 5. The topological polar surface area (TPSA) is 24.5 Å². The number of morpholine rings is 1. The van der Waals surface area contributed by atoms with Crippen LogP contribution in [-0.2, 0) is 4.74 Å². The minimum Gasteiger partial charge on any atom is -0.373 e. The lowest BCUT2D eigenvalue weighted by atomic mass is 10.1. The van der Waals surface area contributed by atoms with Crippen molar-refractivity contribution in [2.45, 2.75) is 52.4 Å². The summed E-state index contributed by atoms with van der Waals surface area (Å²) in [4.78, 5) is 2.57. The lowest BCUT2D eigenvalue weighted by molar-refractivity contribution is -0.0803. The lowest BCUT2D eigenvalue weighted by Crippen LogP contribution is -2.52. The van der Waals surface area contributed by atoms with E-state index >= 15 is 0 Å². The molecule has 1 unspecified atom stereocenters. The van der Waals surface area contributed by atoms with Crippen molar-refractivity contribution >= 4 is 0 Å². The quantitative estimate of drug-likeness (QED) is 0.750. The van der Waals surface area contributed by atoms with Crippen molar-refractivity contribution in [2.24, 2.45) is 0 Å². The Balaban J connectivity index is 2.43. The number of hydrogen-bond donors (Lipinski definition) is 1. The summed E-state index contributed by atoms with van der Waals surface area (Å²) in [7, 11) is 0. The second kappa shape index (κ2) is 6.46. The van der Waals surface area contributed by atoms with Crippen LogP contribution in [0.25, 0.3) is 0 Å². The van der Waals surface area contributed by atoms with Crippen LogP contribution in [0.15, 0.2) is 0 Å². The summed E-state index contributed by atoms with van der Waals surface area (Å²) >= 11 is 0. The highest BCUT2D eigenvalue weighted by Crippen LogP contribution is 2.14. The van der Waals surface area contributed by atoms with Crippen LogP contribution in [-0.4, -0.2) is 49.3 Å². The number of nitrogens with one attached hydrogen (secondary N) is 1. The SMILES string of the molecule is CCNCC(CC)N1C[C@@H](C)O[C@@H](C)C1. The van der Waals surface area contributed by atoms with E-state index in [0.29, 0.717) is 18.2 Å². The molecule has 0 radical (unpaired) electrons. The summed E-state index contributed by atoms with van der Waals surface area (Å²) < 4.78 is 5.75. The number of ether oxygens (including phenoxy) is 1. The Labute approximate surface area is 94.2 Å². The lowest BCUT2D eigenvalue weighted by Gasteiger charge is -2.40. The molecule has 1 aliphatic heterocycles. The molecule has 15 heavy (non-hydrogen) atoms. The van der Waals surface area contributed by atoms with Crippen LogP contribution in [0.2, 0.25) is 0 Å². The van der Waals surface area contributed by atoms with Gasteiger partial charge >= 0.3 is 0 Å². The van der Waals surface area contributed by atoms with E-state index in [2.05, 4.69) is 37.9 Å². The highest BCUT2D eigenvalue weighted by atomic mass is 16.5. The van der Waals surface area contributed by atoms with Gasteiger partial charge in [-0.3, -0.25) is 4.90 Å². The van der Waals surface area contributed by atoms with Gasteiger partial charge in [-0.2, -0.15) is 0 Å². The van der Waals surface area contributed by atoms with Gasteiger partial charge in [0.1, 0.15) is 0 Å². The Morgan fingerprint density at radius 3 is 2.33 bits per heavy atom. The van der Waals surface area contributed by atoms with Crippen molar-refractivity contribution < 1.29 is 4.74 Å². The third-order valence-electron chi connectivity index (χ3n) is 3.07. The molecule has 1 saturated heterocycles. The third kappa shape index (κ3) is 4.09. The third-order valence-corrected chi connectivity index (χ3v) is 3.07. The molecule has 90 valence electrons. The monoisotopic (exact) mass is 214 g/mol. The minimum atomic E-state index is 0.379. The molecule has 3 nitrogen and oxygen atoms in total. The first kappa shape index (κ1) is 12.9. The molecule has 0 spiro atoms. The molecule has 0 amide bonds. The summed E-state index contributed by atoms with van der Waals surface area (Å²) in [6.07, 6.45) is 1.97. The molecule has 1 fully saturated rings. The van der Waals surface area contributed by atoms with Gasteiger partial charge in [0.25, 0.3) is 0 Å². The molecule has 0 aliphatic carbocycles. The fourth-order valence-electron chi connectivity index (χ4n) is 2.36. The summed E-state index contributed by atoms with van der Waals surface area (Å²) in [6, 6.07) is 0.666. The molecule has 0 saturated carbocycles. The highest BCUT2D eigenvalue weighted by molar-refractivity contribution is 4.80. The first-order valence-corrected chi connectivity index (χ1v) is 6.27. The average Bonchev–Trinajstić information content (AvgIpc) is 2.17. The van der Waals surface area contributed by atoms with E-state index in [-0.39, 0.29) is 0 Å². The molecule has 1 N–H and O–H groups in total. The molecule has 0 bridgehead atoms. The van der Waals surface area contributed by atoms with Crippen molar-refractivity contribution in [3.05, 3.63) is 0 Å². The van der Waals surface area contributed by atoms with Crippen LogP contribution in [0.1, 0.15) is 34.1 Å². The van der Waals surface area contributed by atoms with Crippen LogP contribution in [0.5, 0.6) is 0 Å². The number of hydrogen-bond acceptors (Lipinski definition) is 3. The Morgan fingerprint density at radius 2 is 1.87 bits per heavy atom. The molecule has 0 aromatic carbocycles. The molecule has 3 atom stereocenters. The second-order valence-corrected chi connectivity index (χ2v) is 4.58. The summed E-state index contributed by atoms with van der Waals surface area (Å²) in [5, 5.41) is 3.44. The second-order valence-electron chi connectivity index (χ2n) is 4.58. The maximum atomic E-state index is 5.75. The molecule has 1 aliphatic rings. The fraction of sp³-hybridized carbons (Fsp3) is 1.00. The predicted molar refractivity (Wildman–Crippen MR) is 64.2 cm³/mol. The average molecular weight is 214 g/mol. The van der Waals surface area contributed by atoms with Crippen LogP contribution < -0.4 is 5.32 Å². The van der Waals surface area contributed by atoms with Crippen molar-refractivity contribution in [3.63, 3.8) is 0 Å². The zero-order valence-electron chi connectivity index (χ0n) is 10.6. The van der Waals surface area contributed by atoms with Crippen molar-refractivity contribution in [2.75, 3.05) is 26.2 Å². The van der Waals surface area contributed by atoms with E-state index in [1.807, 2.05) is 0 Å². The minimum absolute atomic E-state index is 0.379. The Hall–Kier alpha value is -0.120. The molecule has 1 heterocycles. The van der Waals surface area contributed by atoms with Crippen LogP contribution in [0.3, 0.4) is 0 Å².